The van der Waals surface area contributed by atoms with Crippen molar-refractivity contribution in [3.8, 4) is 5.75 Å². The number of ether oxygens (including phenoxy) is 2. The highest BCUT2D eigenvalue weighted by atomic mass is 16.6. The van der Waals surface area contributed by atoms with Crippen molar-refractivity contribution in [2.45, 2.75) is 52.3 Å². The number of rotatable bonds is 2. The first kappa shape index (κ1) is 17.4. The summed E-state index contributed by atoms with van der Waals surface area (Å²) in [6.07, 6.45) is -0.234. The van der Waals surface area contributed by atoms with Crippen LogP contribution in [0.1, 0.15) is 34.6 Å². The van der Waals surface area contributed by atoms with Crippen molar-refractivity contribution in [2.75, 3.05) is 25.1 Å². The van der Waals surface area contributed by atoms with Gasteiger partial charge in [-0.2, -0.15) is 0 Å². The van der Waals surface area contributed by atoms with E-state index in [4.69, 9.17) is 9.47 Å². The lowest BCUT2D eigenvalue weighted by Gasteiger charge is -2.45. The number of benzene rings is 1. The summed E-state index contributed by atoms with van der Waals surface area (Å²) in [6, 6.07) is 8.35. The third-order valence-electron chi connectivity index (χ3n) is 4.00. The molecule has 23 heavy (non-hydrogen) atoms. The molecule has 1 aromatic rings. The smallest absolute Gasteiger partial charge is 0.410 e. The van der Waals surface area contributed by atoms with E-state index in [-0.39, 0.29) is 18.2 Å². The van der Waals surface area contributed by atoms with Gasteiger partial charge in [0.15, 0.2) is 0 Å². The Morgan fingerprint density at radius 3 is 2.48 bits per heavy atom. The maximum atomic E-state index is 12.4. The summed E-state index contributed by atoms with van der Waals surface area (Å²) >= 11 is 0. The Morgan fingerprint density at radius 1 is 1.17 bits per heavy atom. The number of carbonyl (C=O) groups excluding carboxylic acids is 1. The molecule has 1 fully saturated rings. The van der Waals surface area contributed by atoms with Gasteiger partial charge in [0.05, 0.1) is 7.11 Å². The van der Waals surface area contributed by atoms with Gasteiger partial charge in [0, 0.05) is 36.9 Å². The normalized spacial score (nSPS) is 22.0. The molecule has 0 unspecified atom stereocenters. The van der Waals surface area contributed by atoms with E-state index in [1.807, 2.05) is 43.9 Å². The van der Waals surface area contributed by atoms with E-state index in [0.29, 0.717) is 6.54 Å². The van der Waals surface area contributed by atoms with Crippen LogP contribution in [0.2, 0.25) is 0 Å². The fourth-order valence-corrected chi connectivity index (χ4v) is 2.85. The van der Waals surface area contributed by atoms with Gasteiger partial charge in [0.1, 0.15) is 11.4 Å². The van der Waals surface area contributed by atoms with Gasteiger partial charge in [-0.1, -0.05) is 6.07 Å². The van der Waals surface area contributed by atoms with Gasteiger partial charge < -0.3 is 19.3 Å². The summed E-state index contributed by atoms with van der Waals surface area (Å²) in [5.74, 6) is 0.844. The average molecular weight is 320 g/mol. The monoisotopic (exact) mass is 320 g/mol. The lowest BCUT2D eigenvalue weighted by atomic mass is 10.1. The van der Waals surface area contributed by atoms with Crippen LogP contribution >= 0.6 is 0 Å². The molecule has 0 bridgehead atoms. The zero-order valence-corrected chi connectivity index (χ0v) is 15.0. The summed E-state index contributed by atoms with van der Waals surface area (Å²) in [5, 5.41) is 0. The fourth-order valence-electron chi connectivity index (χ4n) is 2.85. The van der Waals surface area contributed by atoms with Gasteiger partial charge in [-0.25, -0.2) is 4.79 Å². The number of carbonyl (C=O) groups is 1. The Kier molecular flexibility index (Phi) is 5.07. The van der Waals surface area contributed by atoms with Crippen LogP contribution in [0.4, 0.5) is 10.5 Å². The van der Waals surface area contributed by atoms with E-state index in [1.54, 1.807) is 7.11 Å². The van der Waals surface area contributed by atoms with Crippen molar-refractivity contribution in [2.24, 2.45) is 0 Å². The highest BCUT2D eigenvalue weighted by Gasteiger charge is 2.34. The van der Waals surface area contributed by atoms with E-state index < -0.39 is 5.60 Å². The van der Waals surface area contributed by atoms with E-state index in [2.05, 4.69) is 24.8 Å². The number of hydrogen-bond donors (Lipinski definition) is 0. The SMILES string of the molecule is COc1cccc(N2C[C@@H](C)N(C(=O)OC(C)(C)C)C[C@@H]2C)c1. The molecule has 2 rings (SSSR count). The first-order valence-electron chi connectivity index (χ1n) is 8.11. The average Bonchev–Trinajstić information content (AvgIpc) is 2.47. The van der Waals surface area contributed by atoms with Crippen LogP contribution in [-0.4, -0.2) is 48.9 Å². The fraction of sp³-hybridized carbons (Fsp3) is 0.611. The van der Waals surface area contributed by atoms with Crippen molar-refractivity contribution in [1.82, 2.24) is 4.90 Å². The standard InChI is InChI=1S/C18H28N2O3/c1-13-12-20(17(21)23-18(3,4)5)14(2)11-19(13)15-8-7-9-16(10-15)22-6/h7-10,13-14H,11-12H2,1-6H3/t13-,14+/m0/s1. The molecule has 0 aliphatic carbocycles. The van der Waals surface area contributed by atoms with Crippen LogP contribution in [0.25, 0.3) is 0 Å². The maximum Gasteiger partial charge on any atom is 0.410 e. The number of anilines is 1. The first-order valence-corrected chi connectivity index (χ1v) is 8.11. The van der Waals surface area contributed by atoms with E-state index in [1.165, 1.54) is 0 Å². The summed E-state index contributed by atoms with van der Waals surface area (Å²) in [7, 11) is 1.67. The molecule has 0 N–H and O–H groups in total. The van der Waals surface area contributed by atoms with Crippen LogP contribution in [0.15, 0.2) is 24.3 Å². The molecule has 5 heteroatoms. The van der Waals surface area contributed by atoms with Gasteiger partial charge >= 0.3 is 6.09 Å². The number of hydrogen-bond acceptors (Lipinski definition) is 4. The zero-order chi connectivity index (χ0) is 17.2. The van der Waals surface area contributed by atoms with Crippen LogP contribution in [0, 0.1) is 0 Å². The minimum atomic E-state index is -0.468. The van der Waals surface area contributed by atoms with E-state index >= 15 is 0 Å². The molecular weight excluding hydrogens is 292 g/mol. The van der Waals surface area contributed by atoms with Crippen LogP contribution in [-0.2, 0) is 4.74 Å². The highest BCUT2D eigenvalue weighted by molar-refractivity contribution is 5.69. The Labute approximate surface area is 139 Å². The van der Waals surface area contributed by atoms with Gasteiger partial charge in [-0.05, 0) is 46.8 Å². The Morgan fingerprint density at radius 2 is 1.87 bits per heavy atom. The Bertz CT molecular complexity index is 553. The summed E-state index contributed by atoms with van der Waals surface area (Å²) < 4.78 is 10.8. The van der Waals surface area contributed by atoms with Crippen molar-refractivity contribution in [1.29, 1.82) is 0 Å². The van der Waals surface area contributed by atoms with Crippen molar-refractivity contribution in [3.05, 3.63) is 24.3 Å². The van der Waals surface area contributed by atoms with Crippen LogP contribution < -0.4 is 9.64 Å². The molecule has 1 amide bonds. The molecule has 128 valence electrons. The van der Waals surface area contributed by atoms with Crippen molar-refractivity contribution >= 4 is 11.8 Å². The molecule has 1 saturated heterocycles. The molecule has 0 saturated carbocycles. The van der Waals surface area contributed by atoms with Gasteiger partial charge in [0.25, 0.3) is 0 Å². The number of methoxy groups -OCH3 is 1. The number of piperazine rings is 1. The lowest BCUT2D eigenvalue weighted by Crippen LogP contribution is -2.59. The molecule has 0 radical (unpaired) electrons. The summed E-state index contributed by atoms with van der Waals surface area (Å²) in [6.45, 7) is 11.3. The quantitative estimate of drug-likeness (QED) is 0.836. The minimum absolute atomic E-state index is 0.0900. The van der Waals surface area contributed by atoms with E-state index in [9.17, 15) is 4.79 Å². The molecule has 1 aliphatic rings. The second-order valence-electron chi connectivity index (χ2n) is 7.18. The Balaban J connectivity index is 2.11. The van der Waals surface area contributed by atoms with Crippen molar-refractivity contribution in [3.63, 3.8) is 0 Å². The number of nitrogens with zero attached hydrogens (tertiary/aromatic N) is 2. The molecular formula is C18H28N2O3. The van der Waals surface area contributed by atoms with E-state index in [0.717, 1.165) is 18.0 Å². The van der Waals surface area contributed by atoms with Gasteiger partial charge in [-0.15, -0.1) is 0 Å². The largest absolute Gasteiger partial charge is 0.497 e. The molecule has 1 aromatic carbocycles. The Hall–Kier alpha value is -1.91. The first-order chi connectivity index (χ1) is 10.7. The topological polar surface area (TPSA) is 42.0 Å². The molecule has 2 atom stereocenters. The van der Waals surface area contributed by atoms with Crippen LogP contribution in [0.5, 0.6) is 5.75 Å². The minimum Gasteiger partial charge on any atom is -0.497 e. The second-order valence-corrected chi connectivity index (χ2v) is 7.18. The maximum absolute atomic E-state index is 12.4. The summed E-state index contributed by atoms with van der Waals surface area (Å²) in [5.41, 5.74) is 0.650. The predicted octanol–water partition coefficient (Wildman–Crippen LogP) is 3.53. The lowest BCUT2D eigenvalue weighted by molar-refractivity contribution is 0.0130. The third kappa shape index (κ3) is 4.30. The van der Waals surface area contributed by atoms with Gasteiger partial charge in [0.2, 0.25) is 0 Å². The molecule has 1 heterocycles. The molecule has 0 aromatic heterocycles. The number of amides is 1. The second kappa shape index (κ2) is 6.69. The summed E-state index contributed by atoms with van der Waals surface area (Å²) in [4.78, 5) is 16.5. The van der Waals surface area contributed by atoms with Gasteiger partial charge in [-0.3, -0.25) is 0 Å². The predicted molar refractivity (Wildman–Crippen MR) is 92.2 cm³/mol. The molecule has 1 aliphatic heterocycles. The molecule has 5 nitrogen and oxygen atoms in total. The van der Waals surface area contributed by atoms with Crippen LogP contribution in [0.3, 0.4) is 0 Å². The molecule has 0 spiro atoms. The highest BCUT2D eigenvalue weighted by Crippen LogP contribution is 2.27. The third-order valence-corrected chi connectivity index (χ3v) is 4.00. The zero-order valence-electron chi connectivity index (χ0n) is 15.0. The van der Waals surface area contributed by atoms with Crippen molar-refractivity contribution < 1.29 is 14.3 Å².